The van der Waals surface area contributed by atoms with E-state index in [1.165, 1.54) is 10.6 Å². The zero-order valence-electron chi connectivity index (χ0n) is 12.8. The maximum absolute atomic E-state index is 9.37. The van der Waals surface area contributed by atoms with Crippen LogP contribution in [0.3, 0.4) is 0 Å². The molecule has 0 heterocycles. The van der Waals surface area contributed by atoms with Gasteiger partial charge in [0.05, 0.1) is 0 Å². The minimum absolute atomic E-state index is 0.254. The molecule has 0 radical (unpaired) electrons. The smallest absolute Gasteiger partial charge is 0.0473 e. The molecule has 0 unspecified atom stereocenters. The van der Waals surface area contributed by atoms with Crippen molar-refractivity contribution in [1.82, 2.24) is 0 Å². The first-order valence-corrected chi connectivity index (χ1v) is 11.1. The second-order valence-electron chi connectivity index (χ2n) is 5.09. The topological polar surface area (TPSA) is 40.5 Å². The summed E-state index contributed by atoms with van der Waals surface area (Å²) in [5, 5.41) is 21.5. The van der Waals surface area contributed by atoms with Gasteiger partial charge < -0.3 is 10.2 Å². The third kappa shape index (κ3) is 5.45. The van der Waals surface area contributed by atoms with Crippen LogP contribution < -0.4 is 10.6 Å². The van der Waals surface area contributed by atoms with Crippen molar-refractivity contribution in [3.05, 3.63) is 60.7 Å². The fraction of sp³-hybridized carbons (Fsp3) is 0.333. The molecule has 118 valence electrons. The van der Waals surface area contributed by atoms with Crippen LogP contribution >= 0.6 is 15.8 Å². The largest absolute Gasteiger partial charge is 0.396 e. The van der Waals surface area contributed by atoms with E-state index in [1.54, 1.807) is 0 Å². The molecule has 0 amide bonds. The zero-order chi connectivity index (χ0) is 15.6. The van der Waals surface area contributed by atoms with E-state index in [0.717, 1.165) is 24.6 Å². The Hall–Kier alpha value is -0.780. The minimum atomic E-state index is -0.305. The summed E-state index contributed by atoms with van der Waals surface area (Å²) in [5.41, 5.74) is 0. The average molecular weight is 334 g/mol. The van der Waals surface area contributed by atoms with Crippen molar-refractivity contribution >= 4 is 26.5 Å². The van der Waals surface area contributed by atoms with Crippen molar-refractivity contribution in [1.29, 1.82) is 0 Å². The molecular formula is C18H24O2P2. The Balaban J connectivity index is 2.03. The van der Waals surface area contributed by atoms with Crippen LogP contribution in [-0.4, -0.2) is 48.1 Å². The molecular weight excluding hydrogens is 310 g/mol. The lowest BCUT2D eigenvalue weighted by Gasteiger charge is -2.22. The van der Waals surface area contributed by atoms with E-state index in [-0.39, 0.29) is 29.1 Å². The standard InChI is InChI=1S/C18H24O2P2/c19-11-13-21(17-7-3-1-4-8-17)15-16-22(14-12-20)18-9-5-2-6-10-18/h1-10,19-20H,11-16H2/t21-,22-/m0/s1. The molecule has 0 aliphatic rings. The van der Waals surface area contributed by atoms with Gasteiger partial charge >= 0.3 is 0 Å². The van der Waals surface area contributed by atoms with Gasteiger partial charge in [-0.25, -0.2) is 0 Å². The molecule has 4 heteroatoms. The van der Waals surface area contributed by atoms with Gasteiger partial charge in [0.15, 0.2) is 0 Å². The maximum Gasteiger partial charge on any atom is 0.0473 e. The zero-order valence-corrected chi connectivity index (χ0v) is 14.6. The van der Waals surface area contributed by atoms with Gasteiger partial charge in [-0.15, -0.1) is 0 Å². The summed E-state index contributed by atoms with van der Waals surface area (Å²) in [6.45, 7) is 0.508. The SMILES string of the molecule is OCC[P@@](CC[P@](CCO)c1ccccc1)c1ccccc1. The molecule has 0 aliphatic heterocycles. The van der Waals surface area contributed by atoms with Gasteiger partial charge in [-0.1, -0.05) is 76.5 Å². The van der Waals surface area contributed by atoms with Crippen molar-refractivity contribution in [2.75, 3.05) is 37.9 Å². The monoisotopic (exact) mass is 334 g/mol. The Labute approximate surface area is 135 Å². The van der Waals surface area contributed by atoms with Gasteiger partial charge in [0.1, 0.15) is 0 Å². The van der Waals surface area contributed by atoms with E-state index in [4.69, 9.17) is 0 Å². The van der Waals surface area contributed by atoms with Crippen LogP contribution in [0.4, 0.5) is 0 Å². The summed E-state index contributed by atoms with van der Waals surface area (Å²) in [6.07, 6.45) is 3.99. The lowest BCUT2D eigenvalue weighted by molar-refractivity contribution is 0.321. The van der Waals surface area contributed by atoms with Gasteiger partial charge in [-0.2, -0.15) is 0 Å². The molecule has 2 atom stereocenters. The summed E-state index contributed by atoms with van der Waals surface area (Å²) < 4.78 is 0. The Morgan fingerprint density at radius 3 is 1.23 bits per heavy atom. The molecule has 2 aromatic rings. The highest BCUT2D eigenvalue weighted by Gasteiger charge is 2.15. The third-order valence-corrected chi connectivity index (χ3v) is 9.04. The van der Waals surface area contributed by atoms with Gasteiger partial charge in [0.2, 0.25) is 0 Å². The molecule has 2 nitrogen and oxygen atoms in total. The van der Waals surface area contributed by atoms with Crippen molar-refractivity contribution in [2.45, 2.75) is 0 Å². The highest BCUT2D eigenvalue weighted by Crippen LogP contribution is 2.41. The molecule has 0 saturated carbocycles. The number of aliphatic hydroxyl groups is 2. The molecule has 0 spiro atoms. The van der Waals surface area contributed by atoms with E-state index in [9.17, 15) is 10.2 Å². The Morgan fingerprint density at radius 2 is 0.909 bits per heavy atom. The summed E-state index contributed by atoms with van der Waals surface area (Å²) in [4.78, 5) is 0. The fourth-order valence-corrected chi connectivity index (χ4v) is 7.58. The van der Waals surface area contributed by atoms with E-state index < -0.39 is 0 Å². The van der Waals surface area contributed by atoms with Crippen molar-refractivity contribution in [2.24, 2.45) is 0 Å². The third-order valence-electron chi connectivity index (χ3n) is 3.62. The van der Waals surface area contributed by atoms with Crippen LogP contribution in [0, 0.1) is 0 Å². The summed E-state index contributed by atoms with van der Waals surface area (Å²) in [7, 11) is -0.610. The summed E-state index contributed by atoms with van der Waals surface area (Å²) >= 11 is 0. The van der Waals surface area contributed by atoms with Crippen LogP contribution in [0.5, 0.6) is 0 Å². The Morgan fingerprint density at radius 1 is 0.545 bits per heavy atom. The molecule has 22 heavy (non-hydrogen) atoms. The lowest BCUT2D eigenvalue weighted by Crippen LogP contribution is -2.14. The summed E-state index contributed by atoms with van der Waals surface area (Å²) in [6, 6.07) is 21.1. The highest BCUT2D eigenvalue weighted by atomic mass is 31.1. The number of hydrogen-bond acceptors (Lipinski definition) is 2. The van der Waals surface area contributed by atoms with E-state index in [2.05, 4.69) is 48.5 Å². The van der Waals surface area contributed by atoms with Crippen LogP contribution in [0.15, 0.2) is 60.7 Å². The fourth-order valence-electron chi connectivity index (χ4n) is 2.50. The predicted molar refractivity (Wildman–Crippen MR) is 99.6 cm³/mol. The Bertz CT molecular complexity index is 470. The van der Waals surface area contributed by atoms with Crippen molar-refractivity contribution in [3.8, 4) is 0 Å². The first kappa shape index (κ1) is 17.6. The number of rotatable bonds is 9. The van der Waals surface area contributed by atoms with Crippen molar-refractivity contribution < 1.29 is 10.2 Å². The molecule has 2 rings (SSSR count). The summed E-state index contributed by atoms with van der Waals surface area (Å²) in [5.74, 6) is 0. The molecule has 2 N–H and O–H groups in total. The Kier molecular flexibility index (Phi) is 8.05. The minimum Gasteiger partial charge on any atom is -0.396 e. The maximum atomic E-state index is 9.37. The van der Waals surface area contributed by atoms with Gasteiger partial charge in [0.25, 0.3) is 0 Å². The van der Waals surface area contributed by atoms with Crippen LogP contribution in [0.2, 0.25) is 0 Å². The highest BCUT2D eigenvalue weighted by molar-refractivity contribution is 7.69. The first-order chi connectivity index (χ1) is 10.8. The predicted octanol–water partition coefficient (Wildman–Crippen LogP) is 2.59. The number of aliphatic hydroxyl groups excluding tert-OH is 2. The molecule has 0 aliphatic carbocycles. The molecule has 0 fully saturated rings. The number of benzene rings is 2. The second kappa shape index (κ2) is 10.1. The van der Waals surface area contributed by atoms with E-state index >= 15 is 0 Å². The molecule has 0 bridgehead atoms. The number of hydrogen-bond donors (Lipinski definition) is 2. The van der Waals surface area contributed by atoms with Crippen LogP contribution in [0.1, 0.15) is 0 Å². The molecule has 2 aromatic carbocycles. The van der Waals surface area contributed by atoms with E-state index in [0.29, 0.717) is 0 Å². The van der Waals surface area contributed by atoms with Crippen LogP contribution in [-0.2, 0) is 0 Å². The first-order valence-electron chi connectivity index (χ1n) is 7.67. The lowest BCUT2D eigenvalue weighted by atomic mass is 10.4. The normalized spacial score (nSPS) is 13.7. The van der Waals surface area contributed by atoms with Gasteiger partial charge in [-0.05, 0) is 35.3 Å². The van der Waals surface area contributed by atoms with Gasteiger partial charge in [-0.3, -0.25) is 0 Å². The molecule has 0 aromatic heterocycles. The second-order valence-corrected chi connectivity index (χ2v) is 10.1. The van der Waals surface area contributed by atoms with Crippen molar-refractivity contribution in [3.63, 3.8) is 0 Å². The van der Waals surface area contributed by atoms with Crippen LogP contribution in [0.25, 0.3) is 0 Å². The van der Waals surface area contributed by atoms with E-state index in [1.807, 2.05) is 12.1 Å². The quantitative estimate of drug-likeness (QED) is 0.692. The average Bonchev–Trinajstić information content (AvgIpc) is 2.59. The molecule has 0 saturated heterocycles. The van der Waals surface area contributed by atoms with Gasteiger partial charge in [0, 0.05) is 13.2 Å².